The fourth-order valence-corrected chi connectivity index (χ4v) is 3.69. The van der Waals surface area contributed by atoms with Crippen LogP contribution in [0.5, 0.6) is 0 Å². The first kappa shape index (κ1) is 17.2. The molecule has 134 valence electrons. The molecular weight excluding hydrogens is 338 g/mol. The number of ketones is 1. The van der Waals surface area contributed by atoms with Gasteiger partial charge in [0.25, 0.3) is 0 Å². The molecule has 0 fully saturated rings. The Labute approximate surface area is 157 Å². The number of esters is 1. The van der Waals surface area contributed by atoms with Crippen LogP contribution in [0.1, 0.15) is 50.2 Å². The van der Waals surface area contributed by atoms with E-state index in [-0.39, 0.29) is 12.4 Å². The molecule has 1 aliphatic rings. The van der Waals surface area contributed by atoms with Crippen molar-refractivity contribution in [1.29, 1.82) is 0 Å². The van der Waals surface area contributed by atoms with Gasteiger partial charge in [-0.3, -0.25) is 9.78 Å². The second-order valence-electron chi connectivity index (χ2n) is 6.52. The van der Waals surface area contributed by atoms with Crippen LogP contribution in [0.3, 0.4) is 0 Å². The number of aromatic nitrogens is 1. The Kier molecular flexibility index (Phi) is 4.32. The van der Waals surface area contributed by atoms with Crippen LogP contribution in [0.15, 0.2) is 54.6 Å². The minimum absolute atomic E-state index is 0.0937. The highest BCUT2D eigenvalue weighted by molar-refractivity contribution is 6.18. The predicted octanol–water partition coefficient (Wildman–Crippen LogP) is 4.37. The summed E-state index contributed by atoms with van der Waals surface area (Å²) < 4.78 is 5.28. The first-order chi connectivity index (χ1) is 13.1. The van der Waals surface area contributed by atoms with Crippen molar-refractivity contribution in [3.8, 4) is 11.1 Å². The molecule has 0 aliphatic heterocycles. The minimum Gasteiger partial charge on any atom is -0.462 e. The second-order valence-corrected chi connectivity index (χ2v) is 6.52. The average Bonchev–Trinajstić information content (AvgIpc) is 2.68. The molecule has 2 aromatic carbocycles. The second kappa shape index (κ2) is 6.80. The zero-order valence-electron chi connectivity index (χ0n) is 15.3. The highest BCUT2D eigenvalue weighted by atomic mass is 16.5. The Hall–Kier alpha value is -3.27. The van der Waals surface area contributed by atoms with Crippen LogP contribution in [0.4, 0.5) is 0 Å². The zero-order chi connectivity index (χ0) is 19.0. The zero-order valence-corrected chi connectivity index (χ0v) is 15.3. The SMILES string of the molecule is CCOC(=O)c1c(C)nc2c(c1-c1ccccc1)C(=O)c1ccccc1C2. The molecule has 4 heteroatoms. The molecule has 1 heterocycles. The molecule has 0 atom stereocenters. The van der Waals surface area contributed by atoms with Crippen LogP contribution in [0.25, 0.3) is 11.1 Å². The maximum atomic E-state index is 13.4. The number of nitrogens with zero attached hydrogens (tertiary/aromatic N) is 1. The Balaban J connectivity index is 2.04. The molecule has 0 radical (unpaired) electrons. The molecule has 4 rings (SSSR count). The number of fused-ring (bicyclic) bond motifs is 2. The number of ether oxygens (including phenoxy) is 1. The first-order valence-corrected chi connectivity index (χ1v) is 9.00. The summed E-state index contributed by atoms with van der Waals surface area (Å²) in [4.78, 5) is 30.7. The number of carbonyl (C=O) groups is 2. The van der Waals surface area contributed by atoms with Gasteiger partial charge in [-0.05, 0) is 25.0 Å². The summed E-state index contributed by atoms with van der Waals surface area (Å²) in [6.07, 6.45) is 0.570. The fourth-order valence-electron chi connectivity index (χ4n) is 3.69. The van der Waals surface area contributed by atoms with Crippen LogP contribution < -0.4 is 0 Å². The Bertz CT molecular complexity index is 1050. The van der Waals surface area contributed by atoms with Gasteiger partial charge in [-0.15, -0.1) is 0 Å². The van der Waals surface area contributed by atoms with E-state index in [2.05, 4.69) is 4.98 Å². The van der Waals surface area contributed by atoms with Crippen molar-refractivity contribution in [2.24, 2.45) is 0 Å². The van der Waals surface area contributed by atoms with Crippen LogP contribution in [0.2, 0.25) is 0 Å². The van der Waals surface area contributed by atoms with Crippen molar-refractivity contribution in [3.05, 3.63) is 88.2 Å². The molecule has 1 aliphatic carbocycles. The summed E-state index contributed by atoms with van der Waals surface area (Å²) in [5, 5.41) is 0. The number of hydrogen-bond acceptors (Lipinski definition) is 4. The molecule has 1 aromatic heterocycles. The molecule has 0 spiro atoms. The van der Waals surface area contributed by atoms with Crippen molar-refractivity contribution >= 4 is 11.8 Å². The molecule has 0 bridgehead atoms. The van der Waals surface area contributed by atoms with E-state index in [1.165, 1.54) is 0 Å². The van der Waals surface area contributed by atoms with Crippen molar-refractivity contribution in [1.82, 2.24) is 4.98 Å². The number of rotatable bonds is 3. The van der Waals surface area contributed by atoms with Gasteiger partial charge < -0.3 is 4.74 Å². The molecule has 3 aromatic rings. The lowest BCUT2D eigenvalue weighted by atomic mass is 9.81. The largest absolute Gasteiger partial charge is 0.462 e. The van der Waals surface area contributed by atoms with Gasteiger partial charge in [0, 0.05) is 17.5 Å². The lowest BCUT2D eigenvalue weighted by molar-refractivity contribution is 0.0526. The van der Waals surface area contributed by atoms with E-state index in [0.717, 1.165) is 11.1 Å². The molecule has 4 nitrogen and oxygen atoms in total. The number of pyridine rings is 1. The maximum absolute atomic E-state index is 13.4. The molecular formula is C23H19NO3. The van der Waals surface area contributed by atoms with Gasteiger partial charge in [0.1, 0.15) is 0 Å². The lowest BCUT2D eigenvalue weighted by Gasteiger charge is -2.23. The van der Waals surface area contributed by atoms with E-state index >= 15 is 0 Å². The van der Waals surface area contributed by atoms with Crippen LogP contribution in [0, 0.1) is 6.92 Å². The summed E-state index contributed by atoms with van der Waals surface area (Å²) >= 11 is 0. The quantitative estimate of drug-likeness (QED) is 0.511. The van der Waals surface area contributed by atoms with Crippen LogP contribution in [-0.2, 0) is 11.2 Å². The third kappa shape index (κ3) is 2.83. The van der Waals surface area contributed by atoms with E-state index in [4.69, 9.17) is 4.74 Å². The molecule has 0 N–H and O–H groups in total. The summed E-state index contributed by atoms with van der Waals surface area (Å²) in [7, 11) is 0. The van der Waals surface area contributed by atoms with Crippen molar-refractivity contribution in [2.75, 3.05) is 6.61 Å². The average molecular weight is 357 g/mol. The third-order valence-electron chi connectivity index (χ3n) is 4.84. The van der Waals surface area contributed by atoms with E-state index in [0.29, 0.717) is 40.1 Å². The third-order valence-corrected chi connectivity index (χ3v) is 4.84. The molecule has 27 heavy (non-hydrogen) atoms. The molecule has 0 saturated carbocycles. The Morgan fingerprint density at radius 2 is 1.74 bits per heavy atom. The van der Waals surface area contributed by atoms with Gasteiger partial charge in [-0.25, -0.2) is 4.79 Å². The minimum atomic E-state index is -0.448. The van der Waals surface area contributed by atoms with Crippen molar-refractivity contribution in [2.45, 2.75) is 20.3 Å². The fraction of sp³-hybridized carbons (Fsp3) is 0.174. The summed E-state index contributed by atoms with van der Waals surface area (Å²) in [5.41, 5.74) is 5.24. The number of carbonyl (C=O) groups excluding carboxylic acids is 2. The molecule has 0 unspecified atom stereocenters. The topological polar surface area (TPSA) is 56.3 Å². The maximum Gasteiger partial charge on any atom is 0.340 e. The van der Waals surface area contributed by atoms with Gasteiger partial charge in [0.2, 0.25) is 0 Å². The predicted molar refractivity (Wildman–Crippen MR) is 103 cm³/mol. The number of hydrogen-bond donors (Lipinski definition) is 0. The van der Waals surface area contributed by atoms with E-state index in [1.54, 1.807) is 13.8 Å². The first-order valence-electron chi connectivity index (χ1n) is 9.00. The normalized spacial score (nSPS) is 12.3. The van der Waals surface area contributed by atoms with Gasteiger partial charge in [0.15, 0.2) is 5.78 Å². The lowest BCUT2D eigenvalue weighted by Crippen LogP contribution is -2.22. The number of aryl methyl sites for hydroxylation is 1. The van der Waals surface area contributed by atoms with Crippen LogP contribution >= 0.6 is 0 Å². The van der Waals surface area contributed by atoms with Gasteiger partial charge in [0.05, 0.1) is 29.1 Å². The highest BCUT2D eigenvalue weighted by Gasteiger charge is 2.32. The van der Waals surface area contributed by atoms with E-state index in [9.17, 15) is 9.59 Å². The van der Waals surface area contributed by atoms with Gasteiger partial charge in [-0.2, -0.15) is 0 Å². The summed E-state index contributed by atoms with van der Waals surface area (Å²) in [5.74, 6) is -0.542. The summed E-state index contributed by atoms with van der Waals surface area (Å²) in [6, 6.07) is 17.1. The highest BCUT2D eigenvalue weighted by Crippen LogP contribution is 2.37. The van der Waals surface area contributed by atoms with Crippen molar-refractivity contribution in [3.63, 3.8) is 0 Å². The van der Waals surface area contributed by atoms with E-state index < -0.39 is 5.97 Å². The standard InChI is InChI=1S/C23H19NO3/c1-3-27-23(26)19-14(2)24-18-13-16-11-7-8-12-17(16)22(25)21(18)20(19)15-9-5-4-6-10-15/h4-12H,3,13H2,1-2H3. The molecule has 0 saturated heterocycles. The smallest absolute Gasteiger partial charge is 0.340 e. The number of benzene rings is 2. The van der Waals surface area contributed by atoms with E-state index in [1.807, 2.05) is 54.6 Å². The summed E-state index contributed by atoms with van der Waals surface area (Å²) in [6.45, 7) is 3.83. The van der Waals surface area contributed by atoms with Crippen LogP contribution in [-0.4, -0.2) is 23.3 Å². The van der Waals surface area contributed by atoms with Crippen molar-refractivity contribution < 1.29 is 14.3 Å². The monoisotopic (exact) mass is 357 g/mol. The van der Waals surface area contributed by atoms with Gasteiger partial charge >= 0.3 is 5.97 Å². The molecule has 0 amide bonds. The van der Waals surface area contributed by atoms with Gasteiger partial charge in [-0.1, -0.05) is 54.6 Å². The Morgan fingerprint density at radius 1 is 1.04 bits per heavy atom. The Morgan fingerprint density at radius 3 is 2.48 bits per heavy atom.